The van der Waals surface area contributed by atoms with E-state index in [4.69, 9.17) is 14.4 Å². The maximum atomic E-state index is 6.48. The van der Waals surface area contributed by atoms with E-state index < -0.39 is 0 Å². The van der Waals surface area contributed by atoms with E-state index in [1.807, 2.05) is 18.3 Å². The van der Waals surface area contributed by atoms with E-state index in [1.165, 1.54) is 43.8 Å². The maximum absolute atomic E-state index is 6.48. The predicted molar refractivity (Wildman–Crippen MR) is 216 cm³/mol. The summed E-state index contributed by atoms with van der Waals surface area (Å²) in [7, 11) is 0. The van der Waals surface area contributed by atoms with Crippen molar-refractivity contribution in [1.29, 1.82) is 0 Å². The van der Waals surface area contributed by atoms with Crippen molar-refractivity contribution >= 4 is 65.3 Å². The smallest absolute Gasteiger partial charge is 0.143 e. The Hall–Kier alpha value is -6.32. The lowest BCUT2D eigenvalue weighted by atomic mass is 9.95. The molecule has 0 aliphatic rings. The van der Waals surface area contributed by atoms with E-state index in [0.717, 1.165) is 66.1 Å². The summed E-state index contributed by atoms with van der Waals surface area (Å²) in [5.74, 6) is 0. The fourth-order valence-electron chi connectivity index (χ4n) is 7.36. The minimum atomic E-state index is 0.862. The second kappa shape index (κ2) is 12.2. The van der Waals surface area contributed by atoms with Crippen LogP contribution in [0.4, 0.5) is 0 Å². The maximum Gasteiger partial charge on any atom is 0.143 e. The normalized spacial score (nSPS) is 11.5. The number of aryl methyl sites for hydroxylation is 4. The Labute approximate surface area is 296 Å². The van der Waals surface area contributed by atoms with E-state index in [2.05, 4.69) is 155 Å². The number of hydrogen-bond donors (Lipinski definition) is 0. The largest absolute Gasteiger partial charge is 0.455 e. The van der Waals surface area contributed by atoms with E-state index in [-0.39, 0.29) is 0 Å². The number of benzene rings is 8. The molecule has 0 amide bonds. The second-order valence-electron chi connectivity index (χ2n) is 13.7. The summed E-state index contributed by atoms with van der Waals surface area (Å²) in [4.78, 5) is 10.2. The molecule has 2 aromatic heterocycles. The van der Waals surface area contributed by atoms with Crippen molar-refractivity contribution in [3.63, 3.8) is 0 Å². The zero-order valence-corrected chi connectivity index (χ0v) is 29.2. The van der Waals surface area contributed by atoms with Gasteiger partial charge in [0.2, 0.25) is 0 Å². The van der Waals surface area contributed by atoms with Gasteiger partial charge in [0, 0.05) is 32.7 Å². The first kappa shape index (κ1) is 30.7. The van der Waals surface area contributed by atoms with Gasteiger partial charge in [-0.3, -0.25) is 4.98 Å². The van der Waals surface area contributed by atoms with E-state index in [0.29, 0.717) is 0 Å². The average Bonchev–Trinajstić information content (AvgIpc) is 3.56. The van der Waals surface area contributed by atoms with Crippen LogP contribution in [0.25, 0.3) is 87.7 Å². The quantitative estimate of drug-likeness (QED) is 0.174. The summed E-state index contributed by atoms with van der Waals surface area (Å²) in [5, 5.41) is 9.42. The van der Waals surface area contributed by atoms with Gasteiger partial charge in [-0.15, -0.1) is 0 Å². The molecular weight excluding hydrogens is 621 g/mol. The molecule has 0 aliphatic carbocycles. The molecule has 2 heterocycles. The number of furan rings is 1. The predicted octanol–water partition coefficient (Wildman–Crippen LogP) is 13.2. The lowest BCUT2D eigenvalue weighted by Crippen LogP contribution is -1.93. The van der Waals surface area contributed by atoms with Crippen molar-refractivity contribution in [1.82, 2.24) is 9.97 Å². The van der Waals surface area contributed by atoms with Crippen LogP contribution in [0.5, 0.6) is 0 Å². The van der Waals surface area contributed by atoms with Crippen LogP contribution in [-0.2, 0) is 0 Å². The molecule has 0 saturated heterocycles. The summed E-state index contributed by atoms with van der Waals surface area (Å²) in [6, 6.07) is 49.3. The molecule has 0 fully saturated rings. The van der Waals surface area contributed by atoms with Crippen molar-refractivity contribution < 1.29 is 4.42 Å². The molecule has 0 atom stereocenters. The van der Waals surface area contributed by atoms with Crippen molar-refractivity contribution in [2.24, 2.45) is 0 Å². The van der Waals surface area contributed by atoms with E-state index >= 15 is 0 Å². The summed E-state index contributed by atoms with van der Waals surface area (Å²) >= 11 is 0. The number of para-hydroxylation sites is 1. The topological polar surface area (TPSA) is 38.9 Å². The molecule has 0 N–H and O–H groups in total. The number of aromatic nitrogens is 2. The minimum absolute atomic E-state index is 0.862. The third-order valence-electron chi connectivity index (χ3n) is 10.2. The highest BCUT2D eigenvalue weighted by atomic mass is 16.3. The highest BCUT2D eigenvalue weighted by molar-refractivity contribution is 6.24. The molecule has 10 rings (SSSR count). The highest BCUT2D eigenvalue weighted by Crippen LogP contribution is 2.41. The first-order valence-corrected chi connectivity index (χ1v) is 17.5. The Morgan fingerprint density at radius 2 is 1.06 bits per heavy atom. The van der Waals surface area contributed by atoms with Gasteiger partial charge in [0.15, 0.2) is 0 Å². The van der Waals surface area contributed by atoms with Gasteiger partial charge >= 0.3 is 0 Å². The number of nitrogens with zero attached hydrogens (tertiary/aromatic N) is 2. The molecule has 244 valence electrons. The number of rotatable bonds is 2. The van der Waals surface area contributed by atoms with Gasteiger partial charge in [-0.1, -0.05) is 126 Å². The number of hydrogen-bond acceptors (Lipinski definition) is 3. The van der Waals surface area contributed by atoms with Crippen molar-refractivity contribution in [2.45, 2.75) is 27.7 Å². The molecule has 0 aliphatic heterocycles. The zero-order valence-electron chi connectivity index (χ0n) is 29.2. The van der Waals surface area contributed by atoms with Crippen LogP contribution >= 0.6 is 0 Å². The molecule has 10 aromatic rings. The van der Waals surface area contributed by atoms with Crippen LogP contribution in [0.2, 0.25) is 0 Å². The molecule has 8 aromatic carbocycles. The van der Waals surface area contributed by atoms with Crippen LogP contribution in [0.15, 0.2) is 150 Å². The monoisotopic (exact) mass is 656 g/mol. The third kappa shape index (κ3) is 5.30. The van der Waals surface area contributed by atoms with Crippen LogP contribution < -0.4 is 0 Å². The second-order valence-corrected chi connectivity index (χ2v) is 13.7. The van der Waals surface area contributed by atoms with Crippen LogP contribution in [0, 0.1) is 27.7 Å². The first-order chi connectivity index (χ1) is 24.9. The summed E-state index contributed by atoms with van der Waals surface area (Å²) < 4.78 is 6.48. The Kier molecular flexibility index (Phi) is 7.36. The van der Waals surface area contributed by atoms with E-state index in [9.17, 15) is 0 Å². The first-order valence-electron chi connectivity index (χ1n) is 17.5. The fourth-order valence-corrected chi connectivity index (χ4v) is 7.36. The standard InChI is InChI=1S/C40H26N2O.C8H10/c1-23-11-17-29-30-18-12-24(2)20-34(30)39-38(33(29)19-23)41-22-35(42-39)26-15-13-25(14-16-26)32-21-27-7-3-4-8-28(27)37-31-9-5-6-10-36(31)43-40(32)37;1-7-5-3-4-6-8(7)2/h3-22H,1-2H3;3-6H,1-2H3. The summed E-state index contributed by atoms with van der Waals surface area (Å²) in [6.07, 6.45) is 1.91. The Morgan fingerprint density at radius 3 is 1.75 bits per heavy atom. The van der Waals surface area contributed by atoms with Crippen LogP contribution in [-0.4, -0.2) is 9.97 Å². The molecule has 0 unspecified atom stereocenters. The molecule has 0 radical (unpaired) electrons. The molecule has 0 bridgehead atoms. The molecule has 3 nitrogen and oxygen atoms in total. The van der Waals surface area contributed by atoms with Gasteiger partial charge in [-0.2, -0.15) is 0 Å². The summed E-state index contributed by atoms with van der Waals surface area (Å²) in [6.45, 7) is 8.50. The SMILES string of the molecule is Cc1ccc2c3ccc(C)cc3c3nc(-c4ccc(-c5cc6ccccc6c6c5oc5ccccc56)cc4)cnc3c2c1.Cc1ccccc1C. The fraction of sp³-hybridized carbons (Fsp3) is 0.0833. The van der Waals surface area contributed by atoms with Gasteiger partial charge in [0.25, 0.3) is 0 Å². The van der Waals surface area contributed by atoms with Crippen LogP contribution in [0.1, 0.15) is 22.3 Å². The lowest BCUT2D eigenvalue weighted by molar-refractivity contribution is 0.670. The average molecular weight is 657 g/mol. The molecule has 51 heavy (non-hydrogen) atoms. The van der Waals surface area contributed by atoms with Crippen molar-refractivity contribution in [3.05, 3.63) is 168 Å². The highest BCUT2D eigenvalue weighted by Gasteiger charge is 2.17. The molecular formula is C48H36N2O. The van der Waals surface area contributed by atoms with Gasteiger partial charge in [0.05, 0.1) is 22.9 Å². The van der Waals surface area contributed by atoms with Crippen molar-refractivity contribution in [3.8, 4) is 22.4 Å². The summed E-state index contributed by atoms with van der Waals surface area (Å²) in [5.41, 5.74) is 13.0. The van der Waals surface area contributed by atoms with Gasteiger partial charge in [0.1, 0.15) is 11.2 Å². The molecule has 0 spiro atoms. The zero-order chi connectivity index (χ0) is 34.6. The van der Waals surface area contributed by atoms with Crippen LogP contribution in [0.3, 0.4) is 0 Å². The van der Waals surface area contributed by atoms with Gasteiger partial charge in [-0.05, 0) is 90.2 Å². The molecule has 0 saturated carbocycles. The Balaban J connectivity index is 0.000000387. The third-order valence-corrected chi connectivity index (χ3v) is 10.2. The Bertz CT molecular complexity index is 2930. The van der Waals surface area contributed by atoms with Gasteiger partial charge < -0.3 is 4.42 Å². The van der Waals surface area contributed by atoms with Gasteiger partial charge in [-0.25, -0.2) is 4.98 Å². The lowest BCUT2D eigenvalue weighted by Gasteiger charge is -2.12. The minimum Gasteiger partial charge on any atom is -0.455 e. The molecule has 3 heteroatoms. The number of fused-ring (bicyclic) bond motifs is 11. The van der Waals surface area contributed by atoms with Crippen molar-refractivity contribution in [2.75, 3.05) is 0 Å². The Morgan fingerprint density at radius 1 is 0.471 bits per heavy atom. The van der Waals surface area contributed by atoms with E-state index in [1.54, 1.807) is 0 Å².